The molecule has 0 bridgehead atoms. The van der Waals surface area contributed by atoms with E-state index in [1.54, 1.807) is 30.8 Å². The lowest BCUT2D eigenvalue weighted by Crippen LogP contribution is -2.08. The van der Waals surface area contributed by atoms with Gasteiger partial charge in [-0.25, -0.2) is 4.98 Å². The number of aromatic nitrogens is 1. The van der Waals surface area contributed by atoms with Gasteiger partial charge in [0.25, 0.3) is 0 Å². The smallest absolute Gasteiger partial charge is 0.248 e. The molecule has 0 saturated heterocycles. The van der Waals surface area contributed by atoms with Gasteiger partial charge in [0.15, 0.2) is 0 Å². The predicted molar refractivity (Wildman–Crippen MR) is 140 cm³/mol. The number of amides is 1. The molecule has 0 radical (unpaired) electrons. The standard InChI is InChI=1S/C28H24N2O3S/c1-16-5-10-23-26(11-16)34-28(30-23)19-6-8-20(9-7-19)29-27(31)12-17(2)21-13-22-18(3)15-33-25(22)14-24(21)32-4/h5-15H,1-4H3,(H,29,31)/b17-12+. The molecule has 2 heterocycles. The van der Waals surface area contributed by atoms with Crippen LogP contribution >= 0.6 is 11.3 Å². The molecule has 34 heavy (non-hydrogen) atoms. The Labute approximate surface area is 201 Å². The van der Waals surface area contributed by atoms with E-state index in [-0.39, 0.29) is 5.91 Å². The molecule has 0 spiro atoms. The average Bonchev–Trinajstić information content (AvgIpc) is 3.41. The molecule has 0 aliphatic rings. The minimum Gasteiger partial charge on any atom is -0.496 e. The summed E-state index contributed by atoms with van der Waals surface area (Å²) in [6.07, 6.45) is 3.31. The second-order valence-electron chi connectivity index (χ2n) is 8.35. The van der Waals surface area contributed by atoms with Gasteiger partial charge in [-0.05, 0) is 79.9 Å². The highest BCUT2D eigenvalue weighted by atomic mass is 32.1. The first kappa shape index (κ1) is 21.9. The van der Waals surface area contributed by atoms with Crippen molar-refractivity contribution < 1.29 is 13.9 Å². The van der Waals surface area contributed by atoms with Gasteiger partial charge in [0.1, 0.15) is 16.3 Å². The molecule has 0 aliphatic heterocycles. The number of aryl methyl sites for hydroxylation is 2. The summed E-state index contributed by atoms with van der Waals surface area (Å²) in [6.45, 7) is 5.98. The van der Waals surface area contributed by atoms with Crippen LogP contribution in [0.15, 0.2) is 71.4 Å². The minimum absolute atomic E-state index is 0.202. The highest BCUT2D eigenvalue weighted by molar-refractivity contribution is 7.21. The summed E-state index contributed by atoms with van der Waals surface area (Å²) in [4.78, 5) is 17.5. The van der Waals surface area contributed by atoms with E-state index in [2.05, 4.69) is 30.4 Å². The number of benzene rings is 3. The maximum Gasteiger partial charge on any atom is 0.248 e. The number of nitrogens with zero attached hydrogens (tertiary/aromatic N) is 1. The first-order valence-corrected chi connectivity index (χ1v) is 11.8. The molecule has 5 aromatic rings. The van der Waals surface area contributed by atoms with Crippen molar-refractivity contribution in [2.75, 3.05) is 12.4 Å². The lowest BCUT2D eigenvalue weighted by Gasteiger charge is -2.10. The number of rotatable bonds is 5. The summed E-state index contributed by atoms with van der Waals surface area (Å²) < 4.78 is 12.3. The number of methoxy groups -OCH3 is 1. The summed E-state index contributed by atoms with van der Waals surface area (Å²) in [5.74, 6) is 0.463. The van der Waals surface area contributed by atoms with E-state index in [9.17, 15) is 4.79 Å². The summed E-state index contributed by atoms with van der Waals surface area (Å²) >= 11 is 1.67. The molecule has 5 nitrogen and oxygen atoms in total. The fourth-order valence-electron chi connectivity index (χ4n) is 3.96. The van der Waals surface area contributed by atoms with Gasteiger partial charge < -0.3 is 14.5 Å². The van der Waals surface area contributed by atoms with Gasteiger partial charge in [-0.3, -0.25) is 4.79 Å². The van der Waals surface area contributed by atoms with Crippen molar-refractivity contribution in [2.24, 2.45) is 0 Å². The second kappa shape index (κ2) is 8.80. The number of carbonyl (C=O) groups excluding carboxylic acids is 1. The summed E-state index contributed by atoms with van der Waals surface area (Å²) in [5, 5.41) is 4.91. The summed E-state index contributed by atoms with van der Waals surface area (Å²) in [7, 11) is 1.61. The summed E-state index contributed by atoms with van der Waals surface area (Å²) in [6, 6.07) is 17.9. The first-order chi connectivity index (χ1) is 16.4. The van der Waals surface area contributed by atoms with Crippen LogP contribution in [0.25, 0.3) is 37.3 Å². The van der Waals surface area contributed by atoms with Crippen LogP contribution in [0.5, 0.6) is 5.75 Å². The highest BCUT2D eigenvalue weighted by Gasteiger charge is 2.13. The number of hydrogen-bond donors (Lipinski definition) is 1. The average molecular weight is 469 g/mol. The lowest BCUT2D eigenvalue weighted by atomic mass is 10.0. The number of hydrogen-bond acceptors (Lipinski definition) is 5. The van der Waals surface area contributed by atoms with Crippen LogP contribution in [0.4, 0.5) is 5.69 Å². The molecule has 1 amide bonds. The third kappa shape index (κ3) is 4.20. The van der Waals surface area contributed by atoms with Crippen molar-refractivity contribution in [1.29, 1.82) is 0 Å². The Morgan fingerprint density at radius 2 is 1.88 bits per heavy atom. The Hall–Kier alpha value is -3.90. The van der Waals surface area contributed by atoms with Gasteiger partial charge in [-0.15, -0.1) is 11.3 Å². The second-order valence-corrected chi connectivity index (χ2v) is 9.38. The SMILES string of the molecule is COc1cc2occ(C)c2cc1/C(C)=C/C(=O)Nc1ccc(-c2nc3ccc(C)cc3s2)cc1. The van der Waals surface area contributed by atoms with Crippen LogP contribution in [-0.2, 0) is 4.79 Å². The van der Waals surface area contributed by atoms with E-state index in [0.29, 0.717) is 5.75 Å². The molecule has 6 heteroatoms. The molecular weight excluding hydrogens is 444 g/mol. The van der Waals surface area contributed by atoms with Gasteiger partial charge in [0.05, 0.1) is 23.6 Å². The zero-order valence-corrected chi connectivity index (χ0v) is 20.2. The molecule has 2 aromatic heterocycles. The van der Waals surface area contributed by atoms with Crippen LogP contribution in [0.3, 0.4) is 0 Å². The van der Waals surface area contributed by atoms with Crippen molar-refractivity contribution in [2.45, 2.75) is 20.8 Å². The number of allylic oxidation sites excluding steroid dienone is 1. The quantitative estimate of drug-likeness (QED) is 0.273. The third-order valence-electron chi connectivity index (χ3n) is 5.80. The van der Waals surface area contributed by atoms with Gasteiger partial charge >= 0.3 is 0 Å². The van der Waals surface area contributed by atoms with Crippen LogP contribution in [-0.4, -0.2) is 18.0 Å². The zero-order chi connectivity index (χ0) is 23.8. The Kier molecular flexibility index (Phi) is 5.67. The Morgan fingerprint density at radius 3 is 2.65 bits per heavy atom. The van der Waals surface area contributed by atoms with E-state index in [0.717, 1.165) is 49.4 Å². The number of anilines is 1. The van der Waals surface area contributed by atoms with Gasteiger partial charge in [-0.1, -0.05) is 6.07 Å². The van der Waals surface area contributed by atoms with Crippen molar-refractivity contribution in [3.05, 3.63) is 83.6 Å². The van der Waals surface area contributed by atoms with Crippen LogP contribution in [0.2, 0.25) is 0 Å². The molecule has 0 fully saturated rings. The number of furan rings is 1. The maximum absolute atomic E-state index is 12.7. The molecule has 0 saturated carbocycles. The zero-order valence-electron chi connectivity index (χ0n) is 19.4. The molecule has 3 aromatic carbocycles. The lowest BCUT2D eigenvalue weighted by molar-refractivity contribution is -0.111. The number of nitrogens with one attached hydrogen (secondary N) is 1. The van der Waals surface area contributed by atoms with Gasteiger partial charge in [0.2, 0.25) is 5.91 Å². The number of ether oxygens (including phenoxy) is 1. The summed E-state index contributed by atoms with van der Waals surface area (Å²) in [5.41, 5.74) is 7.44. The molecule has 5 rings (SSSR count). The fourth-order valence-corrected chi connectivity index (χ4v) is 5.03. The van der Waals surface area contributed by atoms with Crippen molar-refractivity contribution in [3.63, 3.8) is 0 Å². The Balaban J connectivity index is 1.35. The van der Waals surface area contributed by atoms with Crippen molar-refractivity contribution in [3.8, 4) is 16.3 Å². The van der Waals surface area contributed by atoms with E-state index >= 15 is 0 Å². The number of thiazole rings is 1. The number of fused-ring (bicyclic) bond motifs is 2. The molecule has 170 valence electrons. The van der Waals surface area contributed by atoms with E-state index in [4.69, 9.17) is 14.1 Å². The molecule has 1 N–H and O–H groups in total. The highest BCUT2D eigenvalue weighted by Crippen LogP contribution is 2.34. The third-order valence-corrected chi connectivity index (χ3v) is 6.87. The van der Waals surface area contributed by atoms with E-state index < -0.39 is 0 Å². The molecule has 0 atom stereocenters. The number of carbonyl (C=O) groups is 1. The monoisotopic (exact) mass is 468 g/mol. The molecular formula is C28H24N2O3S. The minimum atomic E-state index is -0.202. The van der Waals surface area contributed by atoms with Crippen LogP contribution in [0.1, 0.15) is 23.6 Å². The largest absolute Gasteiger partial charge is 0.496 e. The van der Waals surface area contributed by atoms with Gasteiger partial charge in [-0.2, -0.15) is 0 Å². The Bertz CT molecular complexity index is 1560. The predicted octanol–water partition coefficient (Wildman–Crippen LogP) is 7.38. The van der Waals surface area contributed by atoms with Crippen LogP contribution in [0, 0.1) is 13.8 Å². The normalized spacial score (nSPS) is 11.8. The van der Waals surface area contributed by atoms with E-state index in [1.165, 1.54) is 10.3 Å². The fraction of sp³-hybridized carbons (Fsp3) is 0.143. The van der Waals surface area contributed by atoms with Gasteiger partial charge in [0, 0.05) is 34.3 Å². The van der Waals surface area contributed by atoms with Crippen LogP contribution < -0.4 is 10.1 Å². The van der Waals surface area contributed by atoms with E-state index in [1.807, 2.05) is 50.2 Å². The maximum atomic E-state index is 12.7. The molecule has 0 aliphatic carbocycles. The molecule has 0 unspecified atom stereocenters. The topological polar surface area (TPSA) is 64.4 Å². The Morgan fingerprint density at radius 1 is 1.09 bits per heavy atom. The first-order valence-electron chi connectivity index (χ1n) is 10.9. The van der Waals surface area contributed by atoms with Crippen molar-refractivity contribution in [1.82, 2.24) is 4.98 Å². The van der Waals surface area contributed by atoms with Crippen molar-refractivity contribution >= 4 is 49.7 Å².